The molecule has 0 bridgehead atoms. The van der Waals surface area contributed by atoms with Crippen LogP contribution < -0.4 is 0 Å². The lowest BCUT2D eigenvalue weighted by Crippen LogP contribution is -2.04. The molecule has 0 aliphatic carbocycles. The van der Waals surface area contributed by atoms with Crippen molar-refractivity contribution in [1.29, 1.82) is 0 Å². The molecule has 0 spiro atoms. The molecule has 1 rings (SSSR count). The Morgan fingerprint density at radius 2 is 2.13 bits per heavy atom. The van der Waals surface area contributed by atoms with Crippen LogP contribution in [0, 0.1) is 11.6 Å². The topological polar surface area (TPSA) is 17.1 Å². The van der Waals surface area contributed by atoms with Gasteiger partial charge in [-0.3, -0.25) is 4.79 Å². The molecular formula is C12H12F2O. The maximum Gasteiger partial charge on any atom is 0.162 e. The molecule has 1 aromatic rings. The van der Waals surface area contributed by atoms with E-state index in [2.05, 4.69) is 6.58 Å². The summed E-state index contributed by atoms with van der Waals surface area (Å²) in [6.07, 6.45) is 2.45. The second-order valence-corrected chi connectivity index (χ2v) is 3.26. The van der Waals surface area contributed by atoms with Gasteiger partial charge in [-0.05, 0) is 18.1 Å². The van der Waals surface area contributed by atoms with E-state index in [9.17, 15) is 13.6 Å². The van der Waals surface area contributed by atoms with Crippen LogP contribution in [-0.4, -0.2) is 5.78 Å². The maximum atomic E-state index is 13.1. The summed E-state index contributed by atoms with van der Waals surface area (Å²) in [4.78, 5) is 11.3. The predicted octanol–water partition coefficient (Wildman–Crippen LogP) is 3.04. The molecule has 15 heavy (non-hydrogen) atoms. The predicted molar refractivity (Wildman–Crippen MR) is 54.5 cm³/mol. The Labute approximate surface area is 87.4 Å². The average Bonchev–Trinajstić information content (AvgIpc) is 2.22. The third-order valence-corrected chi connectivity index (χ3v) is 2.05. The molecule has 0 amide bonds. The largest absolute Gasteiger partial charge is 0.299 e. The van der Waals surface area contributed by atoms with Gasteiger partial charge in [0.15, 0.2) is 11.6 Å². The lowest BCUT2D eigenvalue weighted by atomic mass is 10.1. The number of rotatable bonds is 5. The van der Waals surface area contributed by atoms with Gasteiger partial charge in [0.1, 0.15) is 5.78 Å². The molecule has 80 valence electrons. The van der Waals surface area contributed by atoms with Crippen LogP contribution in [0.3, 0.4) is 0 Å². The van der Waals surface area contributed by atoms with Crippen LogP contribution in [0.5, 0.6) is 0 Å². The Morgan fingerprint density at radius 1 is 1.40 bits per heavy atom. The normalized spacial score (nSPS) is 10.0. The molecule has 0 radical (unpaired) electrons. The minimum Gasteiger partial charge on any atom is -0.299 e. The summed E-state index contributed by atoms with van der Waals surface area (Å²) in [5.41, 5.74) is 0.115. The van der Waals surface area contributed by atoms with Gasteiger partial charge in [-0.25, -0.2) is 8.78 Å². The van der Waals surface area contributed by atoms with Crippen molar-refractivity contribution in [2.45, 2.75) is 19.3 Å². The van der Waals surface area contributed by atoms with E-state index in [1.165, 1.54) is 12.1 Å². The van der Waals surface area contributed by atoms with Gasteiger partial charge in [0, 0.05) is 12.8 Å². The second-order valence-electron chi connectivity index (χ2n) is 3.26. The number of halogens is 2. The van der Waals surface area contributed by atoms with Gasteiger partial charge in [0.05, 0.1) is 0 Å². The highest BCUT2D eigenvalue weighted by molar-refractivity contribution is 5.81. The number of hydrogen-bond acceptors (Lipinski definition) is 1. The summed E-state index contributed by atoms with van der Waals surface area (Å²) in [6.45, 7) is 3.49. The fourth-order valence-electron chi connectivity index (χ4n) is 1.25. The zero-order valence-electron chi connectivity index (χ0n) is 8.30. The van der Waals surface area contributed by atoms with Crippen LogP contribution in [0.15, 0.2) is 30.9 Å². The Hall–Kier alpha value is -1.51. The Balaban J connectivity index is 2.68. The van der Waals surface area contributed by atoms with Gasteiger partial charge in [0.25, 0.3) is 0 Å². The first kappa shape index (κ1) is 11.6. The van der Waals surface area contributed by atoms with Crippen LogP contribution in [0.4, 0.5) is 8.78 Å². The zero-order valence-corrected chi connectivity index (χ0v) is 8.30. The molecule has 1 nitrogen and oxygen atoms in total. The molecule has 0 saturated heterocycles. The van der Waals surface area contributed by atoms with Crippen LogP contribution >= 0.6 is 0 Å². The molecule has 0 unspecified atom stereocenters. The quantitative estimate of drug-likeness (QED) is 0.682. The van der Waals surface area contributed by atoms with Crippen molar-refractivity contribution in [1.82, 2.24) is 0 Å². The summed E-state index contributed by atoms with van der Waals surface area (Å²) >= 11 is 0. The van der Waals surface area contributed by atoms with E-state index in [4.69, 9.17) is 0 Å². The Morgan fingerprint density at radius 3 is 2.80 bits per heavy atom. The third-order valence-electron chi connectivity index (χ3n) is 2.05. The number of ketones is 1. The first-order valence-corrected chi connectivity index (χ1v) is 4.70. The number of hydrogen-bond donors (Lipinski definition) is 0. The second kappa shape index (κ2) is 5.39. The third kappa shape index (κ3) is 3.27. The number of allylic oxidation sites excluding steroid dienone is 1. The molecule has 0 heterocycles. The van der Waals surface area contributed by atoms with E-state index in [0.29, 0.717) is 12.8 Å². The molecular weight excluding hydrogens is 198 g/mol. The molecule has 0 N–H and O–H groups in total. The monoisotopic (exact) mass is 210 g/mol. The molecule has 0 fully saturated rings. The van der Waals surface area contributed by atoms with Crippen LogP contribution in [-0.2, 0) is 11.2 Å². The molecule has 3 heteroatoms. The van der Waals surface area contributed by atoms with Gasteiger partial charge < -0.3 is 0 Å². The van der Waals surface area contributed by atoms with Crippen LogP contribution in [0.1, 0.15) is 18.4 Å². The SMILES string of the molecule is C=CCCC(=O)Cc1cccc(F)c1F. The Kier molecular flexibility index (Phi) is 4.16. The molecule has 0 aliphatic heterocycles. The van der Waals surface area contributed by atoms with E-state index in [1.807, 2.05) is 0 Å². The molecule has 0 aliphatic rings. The first-order valence-electron chi connectivity index (χ1n) is 4.70. The van der Waals surface area contributed by atoms with E-state index >= 15 is 0 Å². The Bertz CT molecular complexity index is 372. The van der Waals surface area contributed by atoms with Crippen molar-refractivity contribution < 1.29 is 13.6 Å². The van der Waals surface area contributed by atoms with Crippen molar-refractivity contribution >= 4 is 5.78 Å². The van der Waals surface area contributed by atoms with Gasteiger partial charge >= 0.3 is 0 Å². The minimum absolute atomic E-state index is 0.0581. The van der Waals surface area contributed by atoms with Gasteiger partial charge in [-0.2, -0.15) is 0 Å². The van der Waals surface area contributed by atoms with Crippen molar-refractivity contribution in [3.63, 3.8) is 0 Å². The van der Waals surface area contributed by atoms with Crippen molar-refractivity contribution in [2.75, 3.05) is 0 Å². The zero-order chi connectivity index (χ0) is 11.3. The van der Waals surface area contributed by atoms with Crippen LogP contribution in [0.25, 0.3) is 0 Å². The maximum absolute atomic E-state index is 13.1. The van der Waals surface area contributed by atoms with E-state index in [0.717, 1.165) is 6.07 Å². The standard InChI is InChI=1S/C12H12F2O/c1-2-3-6-10(15)8-9-5-4-7-11(13)12(9)14/h2,4-5,7H,1,3,6,8H2. The summed E-state index contributed by atoms with van der Waals surface area (Å²) in [5, 5.41) is 0. The van der Waals surface area contributed by atoms with Gasteiger partial charge in [0.2, 0.25) is 0 Å². The first-order chi connectivity index (χ1) is 7.15. The molecule has 0 atom stereocenters. The highest BCUT2D eigenvalue weighted by atomic mass is 19.2. The fraction of sp³-hybridized carbons (Fsp3) is 0.250. The van der Waals surface area contributed by atoms with Gasteiger partial charge in [-0.1, -0.05) is 18.2 Å². The summed E-state index contributed by atoms with van der Waals surface area (Å²) in [5.74, 6) is -1.95. The lowest BCUT2D eigenvalue weighted by molar-refractivity contribution is -0.118. The van der Waals surface area contributed by atoms with E-state index < -0.39 is 11.6 Å². The van der Waals surface area contributed by atoms with Gasteiger partial charge in [-0.15, -0.1) is 6.58 Å². The highest BCUT2D eigenvalue weighted by Gasteiger charge is 2.10. The number of benzene rings is 1. The fourth-order valence-corrected chi connectivity index (χ4v) is 1.25. The smallest absolute Gasteiger partial charge is 0.162 e. The lowest BCUT2D eigenvalue weighted by Gasteiger charge is -2.02. The highest BCUT2D eigenvalue weighted by Crippen LogP contribution is 2.13. The average molecular weight is 210 g/mol. The van der Waals surface area contributed by atoms with E-state index in [-0.39, 0.29) is 17.8 Å². The molecule has 1 aromatic carbocycles. The number of carbonyl (C=O) groups is 1. The molecule has 0 aromatic heterocycles. The summed E-state index contributed by atoms with van der Waals surface area (Å²) < 4.78 is 25.9. The summed E-state index contributed by atoms with van der Waals surface area (Å²) in [6, 6.07) is 3.85. The van der Waals surface area contributed by atoms with E-state index in [1.54, 1.807) is 6.08 Å². The van der Waals surface area contributed by atoms with Crippen molar-refractivity contribution in [2.24, 2.45) is 0 Å². The minimum atomic E-state index is -0.926. The van der Waals surface area contributed by atoms with Crippen LogP contribution in [0.2, 0.25) is 0 Å². The number of Topliss-reactive ketones (excluding diaryl/α,β-unsaturated/α-hetero) is 1. The van der Waals surface area contributed by atoms with Crippen molar-refractivity contribution in [3.05, 3.63) is 48.1 Å². The number of carbonyl (C=O) groups excluding carboxylic acids is 1. The molecule has 0 saturated carbocycles. The summed E-state index contributed by atoms with van der Waals surface area (Å²) in [7, 11) is 0. The van der Waals surface area contributed by atoms with Crippen molar-refractivity contribution in [3.8, 4) is 0 Å².